The highest BCUT2D eigenvalue weighted by Gasteiger charge is 2.24. The normalized spacial score (nSPS) is 16.5. The zero-order valence-corrected chi connectivity index (χ0v) is 16.4. The number of ketones is 1. The second-order valence-electron chi connectivity index (χ2n) is 6.75. The molecule has 0 radical (unpaired) electrons. The maximum absolute atomic E-state index is 14.0. The van der Waals surface area contributed by atoms with Crippen LogP contribution in [0.5, 0.6) is 0 Å². The van der Waals surface area contributed by atoms with E-state index in [9.17, 15) is 14.0 Å². The Morgan fingerprint density at radius 1 is 1.31 bits per heavy atom. The SMILES string of the molecule is CC(=O)c1ccc(SCC(=O)NCC(C(C)C)N2CCOCC2)c(F)c1. The lowest BCUT2D eigenvalue weighted by Gasteiger charge is -2.36. The Morgan fingerprint density at radius 3 is 2.58 bits per heavy atom. The molecule has 1 saturated heterocycles. The molecule has 1 aromatic carbocycles. The molecular weight excluding hydrogens is 355 g/mol. The predicted octanol–water partition coefficient (Wildman–Crippen LogP) is 2.59. The van der Waals surface area contributed by atoms with Crippen LogP contribution in [0.1, 0.15) is 31.1 Å². The van der Waals surface area contributed by atoms with E-state index in [1.807, 2.05) is 0 Å². The number of nitrogens with zero attached hydrogens (tertiary/aromatic N) is 1. The largest absolute Gasteiger partial charge is 0.379 e. The lowest BCUT2D eigenvalue weighted by molar-refractivity contribution is -0.119. The molecule has 2 rings (SSSR count). The van der Waals surface area contributed by atoms with E-state index in [0.717, 1.165) is 38.1 Å². The van der Waals surface area contributed by atoms with E-state index in [-0.39, 0.29) is 23.5 Å². The summed E-state index contributed by atoms with van der Waals surface area (Å²) in [6, 6.07) is 4.61. The van der Waals surface area contributed by atoms with Gasteiger partial charge >= 0.3 is 0 Å². The van der Waals surface area contributed by atoms with Crippen LogP contribution in [0.4, 0.5) is 4.39 Å². The molecule has 1 fully saturated rings. The average molecular weight is 383 g/mol. The quantitative estimate of drug-likeness (QED) is 0.553. The molecule has 1 aromatic rings. The molecule has 1 aliphatic heterocycles. The number of benzene rings is 1. The molecule has 0 bridgehead atoms. The molecule has 1 atom stereocenters. The third kappa shape index (κ3) is 6.07. The number of ether oxygens (including phenoxy) is 1. The summed E-state index contributed by atoms with van der Waals surface area (Å²) in [5.41, 5.74) is 0.335. The Hall–Kier alpha value is -1.44. The summed E-state index contributed by atoms with van der Waals surface area (Å²) in [4.78, 5) is 26.1. The summed E-state index contributed by atoms with van der Waals surface area (Å²) in [5.74, 6) is -0.212. The number of hydrogen-bond acceptors (Lipinski definition) is 5. The molecule has 1 amide bonds. The summed E-state index contributed by atoms with van der Waals surface area (Å²) in [7, 11) is 0. The Kier molecular flexibility index (Phi) is 8.06. The molecule has 0 spiro atoms. The van der Waals surface area contributed by atoms with Crippen LogP contribution in [0.2, 0.25) is 0 Å². The van der Waals surface area contributed by atoms with Crippen molar-refractivity contribution in [1.29, 1.82) is 0 Å². The number of halogens is 1. The summed E-state index contributed by atoms with van der Waals surface area (Å²) >= 11 is 1.14. The van der Waals surface area contributed by atoms with Crippen LogP contribution in [-0.4, -0.2) is 61.2 Å². The van der Waals surface area contributed by atoms with Crippen molar-refractivity contribution in [2.45, 2.75) is 31.7 Å². The number of amides is 1. The van der Waals surface area contributed by atoms with Crippen molar-refractivity contribution in [2.75, 3.05) is 38.6 Å². The minimum atomic E-state index is -0.469. The summed E-state index contributed by atoms with van der Waals surface area (Å²) in [6.45, 7) is 9.46. The van der Waals surface area contributed by atoms with E-state index in [2.05, 4.69) is 24.1 Å². The van der Waals surface area contributed by atoms with Crippen LogP contribution in [0.15, 0.2) is 23.1 Å². The van der Waals surface area contributed by atoms with Gasteiger partial charge in [-0.1, -0.05) is 19.9 Å². The fraction of sp³-hybridized carbons (Fsp3) is 0.579. The van der Waals surface area contributed by atoms with Crippen molar-refractivity contribution in [2.24, 2.45) is 5.92 Å². The molecule has 26 heavy (non-hydrogen) atoms. The number of carbonyl (C=O) groups excluding carboxylic acids is 2. The van der Waals surface area contributed by atoms with Crippen LogP contribution in [0.25, 0.3) is 0 Å². The first-order valence-electron chi connectivity index (χ1n) is 8.90. The number of hydrogen-bond donors (Lipinski definition) is 1. The van der Waals surface area contributed by atoms with Crippen LogP contribution in [-0.2, 0) is 9.53 Å². The number of rotatable bonds is 8. The second kappa shape index (κ2) is 10.0. The standard InChI is InChI=1S/C19H27FN2O3S/c1-13(2)17(22-6-8-25-9-7-22)11-21-19(24)12-26-18-5-4-15(14(3)23)10-16(18)20/h4-5,10,13,17H,6-9,11-12H2,1-3H3,(H,21,24). The van der Waals surface area contributed by atoms with E-state index in [0.29, 0.717) is 22.9 Å². The van der Waals surface area contributed by atoms with Gasteiger partial charge in [0.2, 0.25) is 5.91 Å². The molecule has 1 N–H and O–H groups in total. The Labute approximate surface area is 158 Å². The van der Waals surface area contributed by atoms with E-state index < -0.39 is 5.82 Å². The fourth-order valence-corrected chi connectivity index (χ4v) is 3.69. The molecule has 144 valence electrons. The van der Waals surface area contributed by atoms with Gasteiger partial charge in [0.15, 0.2) is 5.78 Å². The Balaban J connectivity index is 1.83. The molecule has 0 aliphatic carbocycles. The summed E-state index contributed by atoms with van der Waals surface area (Å²) in [6.07, 6.45) is 0. The van der Waals surface area contributed by atoms with Gasteiger partial charge in [-0.2, -0.15) is 0 Å². The topological polar surface area (TPSA) is 58.6 Å². The van der Waals surface area contributed by atoms with E-state index in [1.54, 1.807) is 12.1 Å². The van der Waals surface area contributed by atoms with Gasteiger partial charge in [0.1, 0.15) is 5.82 Å². The van der Waals surface area contributed by atoms with Crippen molar-refractivity contribution in [3.8, 4) is 0 Å². The molecular formula is C19H27FN2O3S. The zero-order chi connectivity index (χ0) is 19.1. The van der Waals surface area contributed by atoms with Crippen LogP contribution < -0.4 is 5.32 Å². The molecule has 1 unspecified atom stereocenters. The zero-order valence-electron chi connectivity index (χ0n) is 15.6. The Morgan fingerprint density at radius 2 is 2.00 bits per heavy atom. The first-order valence-corrected chi connectivity index (χ1v) is 9.89. The minimum absolute atomic E-state index is 0.121. The third-order valence-corrected chi connectivity index (χ3v) is 5.54. The average Bonchev–Trinajstić information content (AvgIpc) is 2.61. The maximum atomic E-state index is 14.0. The molecule has 0 aromatic heterocycles. The highest BCUT2D eigenvalue weighted by atomic mass is 32.2. The maximum Gasteiger partial charge on any atom is 0.230 e. The fourth-order valence-electron chi connectivity index (χ4n) is 2.95. The monoisotopic (exact) mass is 382 g/mol. The second-order valence-corrected chi connectivity index (χ2v) is 7.77. The van der Waals surface area contributed by atoms with Gasteiger partial charge in [0.05, 0.1) is 19.0 Å². The van der Waals surface area contributed by atoms with E-state index in [4.69, 9.17) is 4.74 Å². The van der Waals surface area contributed by atoms with Crippen LogP contribution >= 0.6 is 11.8 Å². The van der Waals surface area contributed by atoms with Crippen molar-refractivity contribution < 1.29 is 18.7 Å². The van der Waals surface area contributed by atoms with Crippen molar-refractivity contribution in [1.82, 2.24) is 10.2 Å². The summed E-state index contributed by atoms with van der Waals surface area (Å²) < 4.78 is 19.4. The van der Waals surface area contributed by atoms with Crippen LogP contribution in [0.3, 0.4) is 0 Å². The number of nitrogens with one attached hydrogen (secondary N) is 1. The first-order chi connectivity index (χ1) is 12.4. The lowest BCUT2D eigenvalue weighted by Crippen LogP contribution is -2.51. The molecule has 1 heterocycles. The van der Waals surface area contributed by atoms with Gasteiger partial charge in [-0.3, -0.25) is 14.5 Å². The van der Waals surface area contributed by atoms with Gasteiger partial charge in [0, 0.05) is 36.1 Å². The van der Waals surface area contributed by atoms with Crippen molar-refractivity contribution in [3.05, 3.63) is 29.6 Å². The van der Waals surface area contributed by atoms with Gasteiger partial charge in [0.25, 0.3) is 0 Å². The number of morpholine rings is 1. The van der Waals surface area contributed by atoms with Crippen molar-refractivity contribution >= 4 is 23.5 Å². The Bertz CT molecular complexity index is 633. The van der Waals surface area contributed by atoms with Crippen LogP contribution in [0, 0.1) is 11.7 Å². The van der Waals surface area contributed by atoms with Gasteiger partial charge < -0.3 is 10.1 Å². The predicted molar refractivity (Wildman–Crippen MR) is 101 cm³/mol. The van der Waals surface area contributed by atoms with E-state index in [1.165, 1.54) is 13.0 Å². The summed E-state index contributed by atoms with van der Waals surface area (Å²) in [5, 5.41) is 2.96. The minimum Gasteiger partial charge on any atom is -0.379 e. The van der Waals surface area contributed by atoms with Gasteiger partial charge in [-0.25, -0.2) is 4.39 Å². The van der Waals surface area contributed by atoms with E-state index >= 15 is 0 Å². The number of Topliss-reactive ketones (excluding diaryl/α,β-unsaturated/α-hetero) is 1. The lowest BCUT2D eigenvalue weighted by atomic mass is 10.0. The number of thioether (sulfide) groups is 1. The first kappa shape index (κ1) is 20.9. The van der Waals surface area contributed by atoms with Gasteiger partial charge in [-0.15, -0.1) is 11.8 Å². The highest BCUT2D eigenvalue weighted by molar-refractivity contribution is 8.00. The molecule has 1 aliphatic rings. The smallest absolute Gasteiger partial charge is 0.230 e. The third-order valence-electron chi connectivity index (χ3n) is 4.49. The molecule has 7 heteroatoms. The molecule has 0 saturated carbocycles. The highest BCUT2D eigenvalue weighted by Crippen LogP contribution is 2.22. The molecule has 5 nitrogen and oxygen atoms in total. The number of carbonyl (C=O) groups is 2. The van der Waals surface area contributed by atoms with Crippen molar-refractivity contribution in [3.63, 3.8) is 0 Å². The van der Waals surface area contributed by atoms with Gasteiger partial charge in [-0.05, 0) is 25.0 Å².